The number of carbonyl (C=O) groups is 1. The van der Waals surface area contributed by atoms with E-state index in [1.807, 2.05) is 26.0 Å². The fourth-order valence-electron chi connectivity index (χ4n) is 4.18. The minimum Gasteiger partial charge on any atom is -0.347 e. The monoisotopic (exact) mass is 428 g/mol. The first-order chi connectivity index (χ1) is 14.2. The van der Waals surface area contributed by atoms with Gasteiger partial charge in [0.05, 0.1) is 18.0 Å². The molecule has 0 radical (unpaired) electrons. The summed E-state index contributed by atoms with van der Waals surface area (Å²) in [4.78, 5) is 13.1. The number of rotatable bonds is 7. The lowest BCUT2D eigenvalue weighted by Gasteiger charge is -2.30. The van der Waals surface area contributed by atoms with Crippen LogP contribution in [0.4, 0.5) is 5.69 Å². The molecule has 1 aliphatic carbocycles. The van der Waals surface area contributed by atoms with Gasteiger partial charge < -0.3 is 5.32 Å². The summed E-state index contributed by atoms with van der Waals surface area (Å²) in [5, 5.41) is 3.08. The Hall–Kier alpha value is -2.34. The molecule has 0 saturated heterocycles. The Labute approximate surface area is 180 Å². The molecule has 0 aliphatic heterocycles. The van der Waals surface area contributed by atoms with Crippen molar-refractivity contribution in [3.63, 3.8) is 0 Å². The summed E-state index contributed by atoms with van der Waals surface area (Å²) in [6, 6.07) is 12.7. The molecule has 1 amide bonds. The Morgan fingerprint density at radius 1 is 1.07 bits per heavy atom. The Bertz CT molecular complexity index is 1000. The highest BCUT2D eigenvalue weighted by molar-refractivity contribution is 7.92. The molecular weight excluding hydrogens is 396 g/mol. The predicted octanol–water partition coefficient (Wildman–Crippen LogP) is 4.30. The molecule has 0 fully saturated rings. The van der Waals surface area contributed by atoms with Gasteiger partial charge in [-0.2, -0.15) is 0 Å². The van der Waals surface area contributed by atoms with Crippen molar-refractivity contribution in [1.82, 2.24) is 5.32 Å². The second kappa shape index (κ2) is 9.21. The second-order valence-electron chi connectivity index (χ2n) is 8.28. The van der Waals surface area contributed by atoms with E-state index in [0.29, 0.717) is 5.69 Å². The van der Waals surface area contributed by atoms with Crippen LogP contribution in [0.3, 0.4) is 0 Å². The van der Waals surface area contributed by atoms with E-state index in [-0.39, 0.29) is 11.9 Å². The zero-order chi connectivity index (χ0) is 21.9. The average Bonchev–Trinajstić information content (AvgIpc) is 2.72. The maximum Gasteiger partial charge on any atom is 0.244 e. The highest BCUT2D eigenvalue weighted by Crippen LogP contribution is 2.27. The van der Waals surface area contributed by atoms with Gasteiger partial charge in [-0.25, -0.2) is 8.42 Å². The van der Waals surface area contributed by atoms with Crippen LogP contribution in [0.2, 0.25) is 0 Å². The van der Waals surface area contributed by atoms with E-state index in [2.05, 4.69) is 23.5 Å². The molecule has 2 aromatic rings. The third kappa shape index (κ3) is 5.04. The maximum atomic E-state index is 13.1. The van der Waals surface area contributed by atoms with E-state index < -0.39 is 16.1 Å². The van der Waals surface area contributed by atoms with E-state index >= 15 is 0 Å². The van der Waals surface area contributed by atoms with Crippen molar-refractivity contribution in [3.8, 4) is 0 Å². The number of aryl methyl sites for hydroxylation is 3. The van der Waals surface area contributed by atoms with Crippen LogP contribution in [0.1, 0.15) is 61.4 Å². The smallest absolute Gasteiger partial charge is 0.244 e. The number of anilines is 1. The van der Waals surface area contributed by atoms with Gasteiger partial charge in [0.25, 0.3) is 0 Å². The first-order valence-electron chi connectivity index (χ1n) is 10.7. The van der Waals surface area contributed by atoms with Crippen molar-refractivity contribution in [2.45, 2.75) is 65.0 Å². The van der Waals surface area contributed by atoms with Crippen LogP contribution in [-0.4, -0.2) is 26.6 Å². The highest BCUT2D eigenvalue weighted by Gasteiger charge is 2.30. The summed E-state index contributed by atoms with van der Waals surface area (Å²) in [6.07, 6.45) is 6.52. The molecule has 0 unspecified atom stereocenters. The molecule has 5 nitrogen and oxygen atoms in total. The van der Waals surface area contributed by atoms with Crippen molar-refractivity contribution < 1.29 is 13.2 Å². The number of carbonyl (C=O) groups excluding carboxylic acids is 1. The van der Waals surface area contributed by atoms with Crippen LogP contribution in [-0.2, 0) is 27.7 Å². The molecule has 30 heavy (non-hydrogen) atoms. The number of hydrogen-bond acceptors (Lipinski definition) is 3. The first-order valence-corrected chi connectivity index (χ1v) is 12.5. The number of amides is 1. The van der Waals surface area contributed by atoms with E-state index in [9.17, 15) is 13.2 Å². The number of hydrogen-bond donors (Lipinski definition) is 1. The third-order valence-corrected chi connectivity index (χ3v) is 7.12. The molecule has 1 aliphatic rings. The van der Waals surface area contributed by atoms with Crippen LogP contribution < -0.4 is 9.62 Å². The lowest BCUT2D eigenvalue weighted by molar-refractivity contribution is -0.122. The van der Waals surface area contributed by atoms with Gasteiger partial charge in [-0.3, -0.25) is 9.10 Å². The third-order valence-electron chi connectivity index (χ3n) is 5.88. The molecule has 0 heterocycles. The van der Waals surface area contributed by atoms with Crippen molar-refractivity contribution in [2.24, 2.45) is 0 Å². The van der Waals surface area contributed by atoms with Gasteiger partial charge >= 0.3 is 0 Å². The zero-order valence-electron chi connectivity index (χ0n) is 18.3. The summed E-state index contributed by atoms with van der Waals surface area (Å²) in [5.41, 5.74) is 5.38. The number of nitrogens with zero attached hydrogens (tertiary/aromatic N) is 1. The van der Waals surface area contributed by atoms with Gasteiger partial charge in [-0.05, 0) is 74.8 Å². The minimum absolute atomic E-state index is 0.147. The van der Waals surface area contributed by atoms with Crippen LogP contribution in [0.25, 0.3) is 0 Å². The van der Waals surface area contributed by atoms with Gasteiger partial charge in [0.15, 0.2) is 0 Å². The minimum atomic E-state index is -3.62. The first kappa shape index (κ1) is 22.3. The van der Waals surface area contributed by atoms with Crippen LogP contribution in [0.5, 0.6) is 0 Å². The van der Waals surface area contributed by atoms with Crippen molar-refractivity contribution in [1.29, 1.82) is 0 Å². The topological polar surface area (TPSA) is 66.5 Å². The summed E-state index contributed by atoms with van der Waals surface area (Å²) >= 11 is 0. The standard InChI is InChI=1S/C24H32N2O3S/c1-5-23(21-13-12-19-8-6-7-9-20(19)16-21)25-24(27)18(3)26(30(4,28)29)22-14-10-17(2)11-15-22/h10-16,18,23H,5-9H2,1-4H3,(H,25,27)/t18-,23-/m1/s1. The Kier molecular flexibility index (Phi) is 6.86. The summed E-state index contributed by atoms with van der Waals surface area (Å²) in [6.45, 7) is 5.61. The van der Waals surface area contributed by atoms with Crippen LogP contribution in [0.15, 0.2) is 42.5 Å². The van der Waals surface area contributed by atoms with E-state index in [1.54, 1.807) is 19.1 Å². The lowest BCUT2D eigenvalue weighted by atomic mass is 9.88. The van der Waals surface area contributed by atoms with Gasteiger partial charge in [0.1, 0.15) is 6.04 Å². The van der Waals surface area contributed by atoms with Gasteiger partial charge in [-0.1, -0.05) is 42.8 Å². The normalized spacial score (nSPS) is 15.7. The molecule has 162 valence electrons. The van der Waals surface area contributed by atoms with Crippen molar-refractivity contribution >= 4 is 21.6 Å². The number of sulfonamides is 1. The van der Waals surface area contributed by atoms with E-state index in [4.69, 9.17) is 0 Å². The Balaban J connectivity index is 1.82. The molecule has 2 atom stereocenters. The van der Waals surface area contributed by atoms with E-state index in [1.165, 1.54) is 28.3 Å². The van der Waals surface area contributed by atoms with Crippen LogP contribution in [0, 0.1) is 6.92 Å². The molecular formula is C24H32N2O3S. The zero-order valence-corrected chi connectivity index (χ0v) is 19.1. The number of benzene rings is 2. The lowest BCUT2D eigenvalue weighted by Crippen LogP contribution is -2.48. The summed E-state index contributed by atoms with van der Waals surface area (Å²) in [7, 11) is -3.62. The largest absolute Gasteiger partial charge is 0.347 e. The fourth-order valence-corrected chi connectivity index (χ4v) is 5.36. The molecule has 0 bridgehead atoms. The van der Waals surface area contributed by atoms with Gasteiger partial charge in [-0.15, -0.1) is 0 Å². The second-order valence-corrected chi connectivity index (χ2v) is 10.1. The Morgan fingerprint density at radius 2 is 1.70 bits per heavy atom. The maximum absolute atomic E-state index is 13.1. The number of fused-ring (bicyclic) bond motifs is 1. The van der Waals surface area contributed by atoms with E-state index in [0.717, 1.165) is 36.6 Å². The van der Waals surface area contributed by atoms with Gasteiger partial charge in [0, 0.05) is 0 Å². The molecule has 3 rings (SSSR count). The molecule has 0 spiro atoms. The predicted molar refractivity (Wildman–Crippen MR) is 122 cm³/mol. The Morgan fingerprint density at radius 3 is 2.30 bits per heavy atom. The van der Waals surface area contributed by atoms with Crippen molar-refractivity contribution in [3.05, 3.63) is 64.7 Å². The summed E-state index contributed by atoms with van der Waals surface area (Å²) < 4.78 is 26.2. The molecule has 0 aromatic heterocycles. The molecule has 2 aromatic carbocycles. The average molecular weight is 429 g/mol. The highest BCUT2D eigenvalue weighted by atomic mass is 32.2. The van der Waals surface area contributed by atoms with Crippen molar-refractivity contribution in [2.75, 3.05) is 10.6 Å². The van der Waals surface area contributed by atoms with Gasteiger partial charge in [0.2, 0.25) is 15.9 Å². The molecule has 1 N–H and O–H groups in total. The molecule has 6 heteroatoms. The number of nitrogens with one attached hydrogen (secondary N) is 1. The quantitative estimate of drug-likeness (QED) is 0.715. The fraction of sp³-hybridized carbons (Fsp3) is 0.458. The van der Waals surface area contributed by atoms with Crippen LogP contribution >= 0.6 is 0 Å². The summed E-state index contributed by atoms with van der Waals surface area (Å²) in [5.74, 6) is -0.300. The molecule has 0 saturated carbocycles. The SMILES string of the molecule is CC[C@@H](NC(=O)[C@@H](C)N(c1ccc(C)cc1)S(C)(=O)=O)c1ccc2c(c1)CCCC2.